The quantitative estimate of drug-likeness (QED) is 0.769. The fourth-order valence-electron chi connectivity index (χ4n) is 1.54. The Kier molecular flexibility index (Phi) is 6.29. The fraction of sp³-hybridized carbons (Fsp3) is 0.286. The maximum absolute atomic E-state index is 11.7. The number of carbonyl (C=O) groups is 2. The highest BCUT2D eigenvalue weighted by Crippen LogP contribution is 1.98. The van der Waals surface area contributed by atoms with E-state index in [2.05, 4.69) is 5.32 Å². The van der Waals surface area contributed by atoms with E-state index in [4.69, 9.17) is 10.5 Å². The average Bonchev–Trinajstić information content (AvgIpc) is 2.47. The Hall–Kier alpha value is -2.86. The van der Waals surface area contributed by atoms with E-state index in [-0.39, 0.29) is 37.9 Å². The molecular formula is C14H14N4O2. The van der Waals surface area contributed by atoms with E-state index >= 15 is 0 Å². The van der Waals surface area contributed by atoms with Crippen LogP contribution in [-0.2, 0) is 4.79 Å². The summed E-state index contributed by atoms with van der Waals surface area (Å²) in [6.07, 6.45) is 0.0575. The number of nitriles is 2. The predicted molar refractivity (Wildman–Crippen MR) is 71.2 cm³/mol. The highest BCUT2D eigenvalue weighted by Gasteiger charge is 2.13. The number of amides is 2. The third kappa shape index (κ3) is 4.79. The van der Waals surface area contributed by atoms with Crippen molar-refractivity contribution in [1.82, 2.24) is 10.2 Å². The summed E-state index contributed by atoms with van der Waals surface area (Å²) in [5.74, 6) is -0.591. The Morgan fingerprint density at radius 1 is 1.10 bits per heavy atom. The molecule has 0 aliphatic rings. The molecule has 20 heavy (non-hydrogen) atoms. The van der Waals surface area contributed by atoms with Crippen molar-refractivity contribution in [3.63, 3.8) is 0 Å². The molecule has 102 valence electrons. The van der Waals surface area contributed by atoms with Crippen LogP contribution in [0, 0.1) is 22.7 Å². The molecule has 0 radical (unpaired) electrons. The van der Waals surface area contributed by atoms with Crippen LogP contribution in [0.15, 0.2) is 30.3 Å². The number of nitrogens with zero attached hydrogens (tertiary/aromatic N) is 3. The van der Waals surface area contributed by atoms with Gasteiger partial charge in [0.2, 0.25) is 5.91 Å². The molecule has 1 rings (SSSR count). The highest BCUT2D eigenvalue weighted by atomic mass is 16.2. The average molecular weight is 270 g/mol. The summed E-state index contributed by atoms with van der Waals surface area (Å²) in [6, 6.07) is 12.3. The van der Waals surface area contributed by atoms with Crippen molar-refractivity contribution >= 4 is 11.8 Å². The number of hydrogen-bond donors (Lipinski definition) is 1. The molecule has 0 atom stereocenters. The van der Waals surface area contributed by atoms with Crippen molar-refractivity contribution in [2.75, 3.05) is 19.6 Å². The molecule has 0 aromatic heterocycles. The molecule has 6 nitrogen and oxygen atoms in total. The van der Waals surface area contributed by atoms with Crippen molar-refractivity contribution in [3.05, 3.63) is 35.9 Å². The van der Waals surface area contributed by atoms with E-state index in [0.717, 1.165) is 4.90 Å². The summed E-state index contributed by atoms with van der Waals surface area (Å²) >= 11 is 0. The van der Waals surface area contributed by atoms with E-state index < -0.39 is 0 Å². The van der Waals surface area contributed by atoms with Gasteiger partial charge in [0.25, 0.3) is 5.91 Å². The molecule has 0 saturated carbocycles. The highest BCUT2D eigenvalue weighted by molar-refractivity contribution is 5.94. The van der Waals surface area contributed by atoms with E-state index in [1.165, 1.54) is 0 Å². The molecule has 1 N–H and O–H groups in total. The van der Waals surface area contributed by atoms with E-state index in [0.29, 0.717) is 5.56 Å². The lowest BCUT2D eigenvalue weighted by atomic mass is 10.2. The molecular weight excluding hydrogens is 256 g/mol. The second-order valence-electron chi connectivity index (χ2n) is 3.94. The van der Waals surface area contributed by atoms with Gasteiger partial charge in [-0.2, -0.15) is 10.5 Å². The zero-order chi connectivity index (χ0) is 14.8. The summed E-state index contributed by atoms with van der Waals surface area (Å²) in [6.45, 7) is -0.0853. The Bertz CT molecular complexity index is 527. The number of nitrogens with one attached hydrogen (secondary N) is 1. The largest absolute Gasteiger partial charge is 0.352 e. The first kappa shape index (κ1) is 15.2. The van der Waals surface area contributed by atoms with Crippen molar-refractivity contribution in [2.45, 2.75) is 6.42 Å². The van der Waals surface area contributed by atoms with Crippen LogP contribution >= 0.6 is 0 Å². The lowest BCUT2D eigenvalue weighted by molar-refractivity contribution is -0.129. The monoisotopic (exact) mass is 270 g/mol. The Balaban J connectivity index is 2.40. The minimum absolute atomic E-state index is 0.0575. The number of hydrogen-bond acceptors (Lipinski definition) is 4. The van der Waals surface area contributed by atoms with Crippen molar-refractivity contribution in [3.8, 4) is 12.1 Å². The van der Waals surface area contributed by atoms with Crippen LogP contribution in [0.1, 0.15) is 16.8 Å². The van der Waals surface area contributed by atoms with E-state index in [1.54, 1.807) is 24.3 Å². The molecule has 0 bridgehead atoms. The van der Waals surface area contributed by atoms with Gasteiger partial charge >= 0.3 is 0 Å². The summed E-state index contributed by atoms with van der Waals surface area (Å²) < 4.78 is 0. The molecule has 0 unspecified atom stereocenters. The first-order chi connectivity index (χ1) is 9.69. The second kappa shape index (κ2) is 8.28. The summed E-state index contributed by atoms with van der Waals surface area (Å²) in [7, 11) is 0. The van der Waals surface area contributed by atoms with Gasteiger partial charge in [-0.05, 0) is 12.1 Å². The van der Waals surface area contributed by atoms with Crippen molar-refractivity contribution in [2.24, 2.45) is 0 Å². The van der Waals surface area contributed by atoms with Gasteiger partial charge in [-0.3, -0.25) is 9.59 Å². The van der Waals surface area contributed by atoms with Crippen molar-refractivity contribution < 1.29 is 9.59 Å². The Morgan fingerprint density at radius 3 is 2.25 bits per heavy atom. The molecule has 0 spiro atoms. The predicted octanol–water partition coefficient (Wildman–Crippen LogP) is 0.682. The summed E-state index contributed by atoms with van der Waals surface area (Å²) in [5.41, 5.74) is 0.519. The molecule has 6 heteroatoms. The molecule has 1 aromatic rings. The molecule has 1 aromatic carbocycles. The van der Waals surface area contributed by atoms with Crippen LogP contribution in [0.4, 0.5) is 0 Å². The first-order valence-electron chi connectivity index (χ1n) is 6.04. The van der Waals surface area contributed by atoms with Gasteiger partial charge in [0, 0.05) is 18.5 Å². The minimum atomic E-state index is -0.332. The maximum atomic E-state index is 11.7. The lowest BCUT2D eigenvalue weighted by Crippen LogP contribution is -2.35. The minimum Gasteiger partial charge on any atom is -0.352 e. The smallest absolute Gasteiger partial charge is 0.251 e. The van der Waals surface area contributed by atoms with Gasteiger partial charge in [-0.25, -0.2) is 0 Å². The number of carbonyl (C=O) groups excluding carboxylic acids is 2. The van der Waals surface area contributed by atoms with Gasteiger partial charge in [0.1, 0.15) is 13.1 Å². The zero-order valence-electron chi connectivity index (χ0n) is 10.9. The van der Waals surface area contributed by atoms with Crippen LogP contribution in [0.2, 0.25) is 0 Å². The van der Waals surface area contributed by atoms with Gasteiger partial charge in [0.15, 0.2) is 0 Å². The standard InChI is InChI=1S/C14H14N4O2/c15-7-10-18(11-8-16)13(19)6-9-17-14(20)12-4-2-1-3-5-12/h1-5H,6,9-11H2,(H,17,20). The topological polar surface area (TPSA) is 97.0 Å². The third-order valence-electron chi connectivity index (χ3n) is 2.54. The number of benzene rings is 1. The number of rotatable bonds is 6. The Morgan fingerprint density at radius 2 is 1.70 bits per heavy atom. The Labute approximate surface area is 117 Å². The van der Waals surface area contributed by atoms with Crippen LogP contribution < -0.4 is 5.32 Å². The summed E-state index contributed by atoms with van der Waals surface area (Å²) in [4.78, 5) is 24.6. The normalized spacial score (nSPS) is 9.10. The molecule has 0 saturated heterocycles. The van der Waals surface area contributed by atoms with E-state index in [1.807, 2.05) is 18.2 Å². The zero-order valence-corrected chi connectivity index (χ0v) is 10.9. The fourth-order valence-corrected chi connectivity index (χ4v) is 1.54. The molecule has 0 fully saturated rings. The molecule has 0 aliphatic heterocycles. The van der Waals surface area contributed by atoms with Gasteiger partial charge in [0.05, 0.1) is 12.1 Å². The molecule has 0 aliphatic carbocycles. The van der Waals surface area contributed by atoms with Crippen LogP contribution in [0.25, 0.3) is 0 Å². The maximum Gasteiger partial charge on any atom is 0.251 e. The van der Waals surface area contributed by atoms with E-state index in [9.17, 15) is 9.59 Å². The lowest BCUT2D eigenvalue weighted by Gasteiger charge is -2.15. The molecule has 0 heterocycles. The van der Waals surface area contributed by atoms with Gasteiger partial charge in [-0.1, -0.05) is 18.2 Å². The SMILES string of the molecule is N#CCN(CC#N)C(=O)CCNC(=O)c1ccccc1. The van der Waals surface area contributed by atoms with Gasteiger partial charge < -0.3 is 10.2 Å². The van der Waals surface area contributed by atoms with Crippen LogP contribution in [0.5, 0.6) is 0 Å². The first-order valence-corrected chi connectivity index (χ1v) is 6.04. The molecule has 2 amide bonds. The van der Waals surface area contributed by atoms with Gasteiger partial charge in [-0.15, -0.1) is 0 Å². The second-order valence-corrected chi connectivity index (χ2v) is 3.94. The van der Waals surface area contributed by atoms with Crippen LogP contribution in [-0.4, -0.2) is 36.3 Å². The summed E-state index contributed by atoms with van der Waals surface area (Å²) in [5, 5.41) is 19.7. The van der Waals surface area contributed by atoms with Crippen molar-refractivity contribution in [1.29, 1.82) is 10.5 Å². The van der Waals surface area contributed by atoms with Crippen LogP contribution in [0.3, 0.4) is 0 Å². The third-order valence-corrected chi connectivity index (χ3v) is 2.54.